The van der Waals surface area contributed by atoms with E-state index < -0.39 is 15.9 Å². The molecule has 2 aliphatic heterocycles. The van der Waals surface area contributed by atoms with E-state index in [4.69, 9.17) is 0 Å². The van der Waals surface area contributed by atoms with Gasteiger partial charge in [0, 0.05) is 36.1 Å². The molecule has 0 saturated carbocycles. The maximum atomic E-state index is 12.6. The van der Waals surface area contributed by atoms with Crippen molar-refractivity contribution in [3.63, 3.8) is 0 Å². The molecule has 2 saturated heterocycles. The van der Waals surface area contributed by atoms with Gasteiger partial charge in [0.05, 0.1) is 4.90 Å². The van der Waals surface area contributed by atoms with Gasteiger partial charge in [-0.05, 0) is 50.3 Å². The fraction of sp³-hybridized carbons (Fsp3) is 0.579. The molecule has 1 unspecified atom stereocenters. The van der Waals surface area contributed by atoms with Gasteiger partial charge in [-0.2, -0.15) is 4.31 Å². The predicted molar refractivity (Wildman–Crippen MR) is 117 cm³/mol. The van der Waals surface area contributed by atoms with Gasteiger partial charge < -0.3 is 0 Å². The molecule has 2 N–H and O–H groups in total. The molecule has 29 heavy (non-hydrogen) atoms. The highest BCUT2D eigenvalue weighted by molar-refractivity contribution is 8.77. The number of hydrazine groups is 1. The first kappa shape index (κ1) is 22.5. The summed E-state index contributed by atoms with van der Waals surface area (Å²) < 4.78 is 26.7. The molecule has 0 radical (unpaired) electrons. The van der Waals surface area contributed by atoms with Crippen LogP contribution in [-0.4, -0.2) is 48.6 Å². The van der Waals surface area contributed by atoms with Gasteiger partial charge in [0.25, 0.3) is 5.91 Å². The number of nitrogens with zero attached hydrogens (tertiary/aromatic N) is 1. The summed E-state index contributed by atoms with van der Waals surface area (Å²) in [6.45, 7) is 1.01. The summed E-state index contributed by atoms with van der Waals surface area (Å²) >= 11 is 0. The van der Waals surface area contributed by atoms with Gasteiger partial charge in [-0.25, -0.2) is 8.42 Å². The molecule has 1 atom stereocenters. The number of sulfonamides is 1. The van der Waals surface area contributed by atoms with Crippen LogP contribution >= 0.6 is 21.6 Å². The molecule has 2 heterocycles. The molecular formula is C19H27N3O4S3. The highest BCUT2D eigenvalue weighted by Crippen LogP contribution is 2.39. The van der Waals surface area contributed by atoms with Gasteiger partial charge in [0.1, 0.15) is 0 Å². The molecular weight excluding hydrogens is 430 g/mol. The smallest absolute Gasteiger partial charge is 0.269 e. The van der Waals surface area contributed by atoms with Crippen molar-refractivity contribution < 1.29 is 18.0 Å². The Kier molecular flexibility index (Phi) is 8.28. The Labute approximate surface area is 180 Å². The zero-order valence-corrected chi connectivity index (χ0v) is 18.7. The molecule has 1 aromatic carbocycles. The van der Waals surface area contributed by atoms with E-state index in [0.717, 1.165) is 32.1 Å². The van der Waals surface area contributed by atoms with Crippen molar-refractivity contribution in [1.82, 2.24) is 15.2 Å². The molecule has 1 aromatic rings. The Bertz CT molecular complexity index is 820. The molecule has 0 bridgehead atoms. The van der Waals surface area contributed by atoms with Crippen molar-refractivity contribution in [3.05, 3.63) is 29.8 Å². The molecule has 3 rings (SSSR count). The minimum atomic E-state index is -3.59. The summed E-state index contributed by atoms with van der Waals surface area (Å²) in [5, 5.41) is 0.701. The molecule has 160 valence electrons. The van der Waals surface area contributed by atoms with Crippen molar-refractivity contribution in [3.8, 4) is 0 Å². The molecule has 0 aliphatic carbocycles. The van der Waals surface area contributed by atoms with Crippen LogP contribution < -0.4 is 10.9 Å². The molecule has 7 nitrogen and oxygen atoms in total. The van der Waals surface area contributed by atoms with Crippen LogP contribution in [0.2, 0.25) is 0 Å². The van der Waals surface area contributed by atoms with E-state index in [1.165, 1.54) is 34.7 Å². The highest BCUT2D eigenvalue weighted by Gasteiger charge is 2.27. The molecule has 10 heteroatoms. The van der Waals surface area contributed by atoms with E-state index >= 15 is 0 Å². The van der Waals surface area contributed by atoms with Gasteiger partial charge in [0.15, 0.2) is 0 Å². The lowest BCUT2D eigenvalue weighted by Crippen LogP contribution is -2.41. The summed E-state index contributed by atoms with van der Waals surface area (Å²) in [6, 6.07) is 5.91. The zero-order valence-electron chi connectivity index (χ0n) is 16.3. The van der Waals surface area contributed by atoms with Crippen molar-refractivity contribution in [2.45, 2.75) is 55.1 Å². The van der Waals surface area contributed by atoms with Crippen LogP contribution in [0.5, 0.6) is 0 Å². The largest absolute Gasteiger partial charge is 0.273 e. The number of hydrogen-bond donors (Lipinski definition) is 2. The minimum Gasteiger partial charge on any atom is -0.273 e. The SMILES string of the molecule is O=C(CCCCC1CCSS1)NNC(=O)c1cccc(S(=O)(=O)N2CCCC2)c1. The van der Waals surface area contributed by atoms with Crippen molar-refractivity contribution in [2.75, 3.05) is 18.8 Å². The fourth-order valence-electron chi connectivity index (χ4n) is 3.36. The number of hydrogen-bond acceptors (Lipinski definition) is 6. The third-order valence-electron chi connectivity index (χ3n) is 5.02. The van der Waals surface area contributed by atoms with Crippen molar-refractivity contribution in [2.24, 2.45) is 0 Å². The van der Waals surface area contributed by atoms with E-state index in [1.807, 2.05) is 21.6 Å². The quantitative estimate of drug-likeness (QED) is 0.354. The first-order valence-corrected chi connectivity index (χ1v) is 13.8. The van der Waals surface area contributed by atoms with Gasteiger partial charge in [-0.1, -0.05) is 34.1 Å². The van der Waals surface area contributed by atoms with Crippen LogP contribution in [0, 0.1) is 0 Å². The van der Waals surface area contributed by atoms with Gasteiger partial charge in [-0.3, -0.25) is 20.4 Å². The van der Waals surface area contributed by atoms with E-state index in [9.17, 15) is 18.0 Å². The summed E-state index contributed by atoms with van der Waals surface area (Å²) in [5.74, 6) is 0.436. The van der Waals surface area contributed by atoms with E-state index in [2.05, 4.69) is 10.9 Å². The van der Waals surface area contributed by atoms with Gasteiger partial charge in [-0.15, -0.1) is 0 Å². The van der Waals surface area contributed by atoms with E-state index in [-0.39, 0.29) is 16.4 Å². The topological polar surface area (TPSA) is 95.6 Å². The lowest BCUT2D eigenvalue weighted by Gasteiger charge is -2.16. The van der Waals surface area contributed by atoms with Gasteiger partial charge >= 0.3 is 0 Å². The fourth-order valence-corrected chi connectivity index (χ4v) is 7.95. The van der Waals surface area contributed by atoms with Crippen LogP contribution in [0.4, 0.5) is 0 Å². The van der Waals surface area contributed by atoms with Crippen molar-refractivity contribution in [1.29, 1.82) is 0 Å². The Balaban J connectivity index is 1.44. The normalized spacial score (nSPS) is 19.9. The number of carbonyl (C=O) groups excluding carboxylic acids is 2. The van der Waals surface area contributed by atoms with Crippen LogP contribution in [0.3, 0.4) is 0 Å². The third-order valence-corrected chi connectivity index (χ3v) is 9.92. The van der Waals surface area contributed by atoms with Crippen molar-refractivity contribution >= 4 is 43.4 Å². The lowest BCUT2D eigenvalue weighted by molar-refractivity contribution is -0.122. The third kappa shape index (κ3) is 6.37. The average Bonchev–Trinajstić information content (AvgIpc) is 3.44. The molecule has 2 aliphatic rings. The minimum absolute atomic E-state index is 0.0984. The second-order valence-corrected chi connectivity index (χ2v) is 11.9. The Morgan fingerprint density at radius 2 is 1.93 bits per heavy atom. The number of rotatable bonds is 8. The van der Waals surface area contributed by atoms with E-state index in [1.54, 1.807) is 6.07 Å². The Morgan fingerprint density at radius 1 is 1.14 bits per heavy atom. The number of nitrogens with one attached hydrogen (secondary N) is 2. The second-order valence-electron chi connectivity index (χ2n) is 7.22. The number of benzene rings is 1. The summed E-state index contributed by atoms with van der Waals surface area (Å²) in [7, 11) is 0.266. The van der Waals surface area contributed by atoms with E-state index in [0.29, 0.717) is 24.8 Å². The van der Waals surface area contributed by atoms with Crippen LogP contribution in [-0.2, 0) is 14.8 Å². The monoisotopic (exact) mass is 457 g/mol. The molecule has 0 aromatic heterocycles. The first-order valence-electron chi connectivity index (χ1n) is 9.94. The summed E-state index contributed by atoms with van der Waals surface area (Å²) in [5.41, 5.74) is 4.99. The van der Waals surface area contributed by atoms with Gasteiger partial charge in [0.2, 0.25) is 15.9 Å². The molecule has 2 fully saturated rings. The summed E-state index contributed by atoms with van der Waals surface area (Å²) in [6.07, 6.45) is 6.20. The first-order chi connectivity index (χ1) is 14.0. The highest BCUT2D eigenvalue weighted by atomic mass is 33.1. The Hall–Kier alpha value is -1.23. The van der Waals surface area contributed by atoms with Crippen LogP contribution in [0.25, 0.3) is 0 Å². The molecule has 2 amide bonds. The second kappa shape index (κ2) is 10.7. The molecule has 0 spiro atoms. The zero-order chi connectivity index (χ0) is 20.7. The number of carbonyl (C=O) groups is 2. The standard InChI is InChI=1S/C19H27N3O4S3/c23-18(9-2-1-7-16-10-13-27-28-16)20-21-19(24)15-6-5-8-17(14-15)29(25,26)22-11-3-4-12-22/h5-6,8,14,16H,1-4,7,9-13H2,(H,20,23)(H,21,24). The average molecular weight is 458 g/mol. The summed E-state index contributed by atoms with van der Waals surface area (Å²) in [4.78, 5) is 24.4. The van der Waals surface area contributed by atoms with Crippen LogP contribution in [0.1, 0.15) is 55.3 Å². The number of unbranched alkanes of at least 4 members (excludes halogenated alkanes) is 1. The Morgan fingerprint density at radius 3 is 2.66 bits per heavy atom. The van der Waals surface area contributed by atoms with Crippen LogP contribution in [0.15, 0.2) is 29.2 Å². The maximum Gasteiger partial charge on any atom is 0.269 e. The maximum absolute atomic E-state index is 12.6. The lowest BCUT2D eigenvalue weighted by atomic mass is 10.1. The predicted octanol–water partition coefficient (Wildman–Crippen LogP) is 2.95. The number of amides is 2.